The van der Waals surface area contributed by atoms with Crippen molar-refractivity contribution in [2.24, 2.45) is 11.3 Å². The number of rotatable bonds is 6. The summed E-state index contributed by atoms with van der Waals surface area (Å²) in [5.74, 6) is 0.481. The van der Waals surface area contributed by atoms with E-state index < -0.39 is 0 Å². The highest BCUT2D eigenvalue weighted by Crippen LogP contribution is 2.41. The molecule has 1 unspecified atom stereocenters. The molecule has 0 aromatic carbocycles. The second-order valence-corrected chi connectivity index (χ2v) is 6.94. The zero-order valence-corrected chi connectivity index (χ0v) is 13.6. The molecule has 1 aliphatic carbocycles. The summed E-state index contributed by atoms with van der Waals surface area (Å²) in [6.07, 6.45) is 8.96. The molecule has 0 heterocycles. The Balaban J connectivity index is 2.83. The maximum atomic E-state index is 12.5. The van der Waals surface area contributed by atoms with Crippen LogP contribution in [0.1, 0.15) is 86.0 Å². The molecule has 0 saturated heterocycles. The van der Waals surface area contributed by atoms with E-state index >= 15 is 0 Å². The number of hydrogen-bond donors (Lipinski definition) is 0. The maximum absolute atomic E-state index is 12.5. The SMILES string of the molecule is CCCC(C)C1(OC(=O)C(C)(C)CC)CCCCC1. The number of esters is 1. The molecule has 0 radical (unpaired) electrons. The summed E-state index contributed by atoms with van der Waals surface area (Å²) in [6, 6.07) is 0. The fraction of sp³-hybridized carbons (Fsp3) is 0.941. The van der Waals surface area contributed by atoms with E-state index in [1.165, 1.54) is 19.3 Å². The van der Waals surface area contributed by atoms with Crippen LogP contribution in [0.15, 0.2) is 0 Å². The van der Waals surface area contributed by atoms with Crippen molar-refractivity contribution in [3.63, 3.8) is 0 Å². The first-order valence-electron chi connectivity index (χ1n) is 8.11. The Hall–Kier alpha value is -0.530. The highest BCUT2D eigenvalue weighted by Gasteiger charge is 2.43. The number of ether oxygens (including phenoxy) is 1. The molecule has 0 aliphatic heterocycles. The average molecular weight is 268 g/mol. The molecule has 0 spiro atoms. The minimum absolute atomic E-state index is 0.000136. The molecule has 19 heavy (non-hydrogen) atoms. The molecule has 112 valence electrons. The lowest BCUT2D eigenvalue weighted by atomic mass is 9.74. The molecule has 1 fully saturated rings. The lowest BCUT2D eigenvalue weighted by molar-refractivity contribution is -0.181. The van der Waals surface area contributed by atoms with Crippen LogP contribution in [0.2, 0.25) is 0 Å². The van der Waals surface area contributed by atoms with E-state index in [0.29, 0.717) is 5.92 Å². The van der Waals surface area contributed by atoms with Gasteiger partial charge in [-0.05, 0) is 58.3 Å². The summed E-state index contributed by atoms with van der Waals surface area (Å²) in [6.45, 7) is 10.5. The minimum atomic E-state index is -0.351. The van der Waals surface area contributed by atoms with Crippen molar-refractivity contribution < 1.29 is 9.53 Å². The summed E-state index contributed by atoms with van der Waals surface area (Å²) >= 11 is 0. The normalized spacial score (nSPS) is 20.9. The Morgan fingerprint density at radius 1 is 1.21 bits per heavy atom. The van der Waals surface area contributed by atoms with Crippen LogP contribution in [0.5, 0.6) is 0 Å². The molecular formula is C17H32O2. The van der Waals surface area contributed by atoms with Crippen molar-refractivity contribution in [2.75, 3.05) is 0 Å². The van der Waals surface area contributed by atoms with Crippen LogP contribution in [0.25, 0.3) is 0 Å². The topological polar surface area (TPSA) is 26.3 Å². The number of carbonyl (C=O) groups excluding carboxylic acids is 1. The van der Waals surface area contributed by atoms with E-state index in [2.05, 4.69) is 20.8 Å². The lowest BCUT2D eigenvalue weighted by Gasteiger charge is -2.43. The van der Waals surface area contributed by atoms with E-state index in [1.807, 2.05) is 13.8 Å². The van der Waals surface area contributed by atoms with Gasteiger partial charge in [-0.2, -0.15) is 0 Å². The Kier molecular flexibility index (Phi) is 5.88. The molecule has 1 saturated carbocycles. The van der Waals surface area contributed by atoms with Crippen LogP contribution < -0.4 is 0 Å². The van der Waals surface area contributed by atoms with Crippen LogP contribution in [-0.2, 0) is 9.53 Å². The van der Waals surface area contributed by atoms with Gasteiger partial charge in [0.15, 0.2) is 0 Å². The molecule has 1 atom stereocenters. The van der Waals surface area contributed by atoms with E-state index in [9.17, 15) is 4.79 Å². The van der Waals surface area contributed by atoms with Crippen LogP contribution in [0, 0.1) is 11.3 Å². The lowest BCUT2D eigenvalue weighted by Crippen LogP contribution is -2.46. The zero-order valence-electron chi connectivity index (χ0n) is 13.6. The van der Waals surface area contributed by atoms with Gasteiger partial charge in [0.05, 0.1) is 5.41 Å². The summed E-state index contributed by atoms with van der Waals surface area (Å²) in [7, 11) is 0. The molecule has 0 bridgehead atoms. The van der Waals surface area contributed by atoms with Gasteiger partial charge in [0.2, 0.25) is 0 Å². The molecule has 2 nitrogen and oxygen atoms in total. The molecule has 1 aliphatic rings. The summed E-state index contributed by atoms with van der Waals surface area (Å²) < 4.78 is 6.11. The van der Waals surface area contributed by atoms with Gasteiger partial charge < -0.3 is 4.74 Å². The first-order chi connectivity index (χ1) is 8.88. The van der Waals surface area contributed by atoms with Gasteiger partial charge in [-0.25, -0.2) is 0 Å². The molecule has 0 aromatic rings. The second-order valence-electron chi connectivity index (χ2n) is 6.94. The first-order valence-corrected chi connectivity index (χ1v) is 8.11. The first kappa shape index (κ1) is 16.5. The molecule has 0 aromatic heterocycles. The molecular weight excluding hydrogens is 236 g/mol. The van der Waals surface area contributed by atoms with Crippen molar-refractivity contribution in [1.29, 1.82) is 0 Å². The third-order valence-electron chi connectivity index (χ3n) is 5.05. The summed E-state index contributed by atoms with van der Waals surface area (Å²) in [5.41, 5.74) is -0.534. The quantitative estimate of drug-likeness (QED) is 0.626. The number of carbonyl (C=O) groups is 1. The smallest absolute Gasteiger partial charge is 0.312 e. The van der Waals surface area contributed by atoms with Crippen LogP contribution >= 0.6 is 0 Å². The van der Waals surface area contributed by atoms with Crippen LogP contribution in [0.3, 0.4) is 0 Å². The monoisotopic (exact) mass is 268 g/mol. The highest BCUT2D eigenvalue weighted by atomic mass is 16.6. The summed E-state index contributed by atoms with van der Waals surface area (Å²) in [4.78, 5) is 12.5. The van der Waals surface area contributed by atoms with E-state index in [4.69, 9.17) is 4.74 Å². The van der Waals surface area contributed by atoms with Crippen LogP contribution in [-0.4, -0.2) is 11.6 Å². The maximum Gasteiger partial charge on any atom is 0.312 e. The van der Waals surface area contributed by atoms with Crippen molar-refractivity contribution in [3.05, 3.63) is 0 Å². The zero-order chi connectivity index (χ0) is 14.5. The fourth-order valence-electron chi connectivity index (χ4n) is 3.01. The number of hydrogen-bond acceptors (Lipinski definition) is 2. The van der Waals surface area contributed by atoms with Crippen molar-refractivity contribution in [3.8, 4) is 0 Å². The van der Waals surface area contributed by atoms with E-state index in [-0.39, 0.29) is 17.0 Å². The average Bonchev–Trinajstić information content (AvgIpc) is 2.40. The van der Waals surface area contributed by atoms with Crippen molar-refractivity contribution in [2.45, 2.75) is 91.6 Å². The highest BCUT2D eigenvalue weighted by molar-refractivity contribution is 5.76. The Labute approximate surface area is 119 Å². The molecule has 2 heteroatoms. The Morgan fingerprint density at radius 2 is 1.79 bits per heavy atom. The van der Waals surface area contributed by atoms with E-state index in [0.717, 1.165) is 32.1 Å². The second kappa shape index (κ2) is 6.76. The van der Waals surface area contributed by atoms with Gasteiger partial charge in [-0.3, -0.25) is 4.79 Å². The molecule has 1 rings (SSSR count). The Bertz CT molecular complexity index is 288. The third kappa shape index (κ3) is 3.97. The predicted octanol–water partition coefficient (Wildman–Crippen LogP) is 5.10. The minimum Gasteiger partial charge on any atom is -0.458 e. The standard InChI is InChI=1S/C17H32O2/c1-6-11-14(3)17(12-9-8-10-13-17)19-15(18)16(4,5)7-2/h14H,6-13H2,1-5H3. The third-order valence-corrected chi connectivity index (χ3v) is 5.05. The fourth-order valence-corrected chi connectivity index (χ4v) is 3.01. The van der Waals surface area contributed by atoms with Gasteiger partial charge in [0, 0.05) is 0 Å². The van der Waals surface area contributed by atoms with E-state index in [1.54, 1.807) is 0 Å². The van der Waals surface area contributed by atoms with Gasteiger partial charge in [0.25, 0.3) is 0 Å². The Morgan fingerprint density at radius 3 is 2.26 bits per heavy atom. The largest absolute Gasteiger partial charge is 0.458 e. The van der Waals surface area contributed by atoms with Gasteiger partial charge >= 0.3 is 5.97 Å². The van der Waals surface area contributed by atoms with Crippen LogP contribution in [0.4, 0.5) is 0 Å². The van der Waals surface area contributed by atoms with Gasteiger partial charge in [-0.15, -0.1) is 0 Å². The van der Waals surface area contributed by atoms with Gasteiger partial charge in [-0.1, -0.05) is 33.6 Å². The van der Waals surface area contributed by atoms with Gasteiger partial charge in [0.1, 0.15) is 5.60 Å². The predicted molar refractivity (Wildman–Crippen MR) is 80.1 cm³/mol. The molecule has 0 N–H and O–H groups in total. The summed E-state index contributed by atoms with van der Waals surface area (Å²) in [5, 5.41) is 0. The van der Waals surface area contributed by atoms with Crippen molar-refractivity contribution in [1.82, 2.24) is 0 Å². The van der Waals surface area contributed by atoms with Crippen molar-refractivity contribution >= 4 is 5.97 Å². The molecule has 0 amide bonds.